The number of carbonyl (C=O) groups is 1. The molecule has 0 radical (unpaired) electrons. The van der Waals surface area contributed by atoms with Crippen molar-refractivity contribution in [3.05, 3.63) is 53.5 Å². The van der Waals surface area contributed by atoms with Gasteiger partial charge in [0, 0.05) is 24.7 Å². The second kappa shape index (κ2) is 9.89. The Hall–Kier alpha value is -2.11. The molecule has 1 saturated heterocycles. The van der Waals surface area contributed by atoms with Crippen LogP contribution in [-0.4, -0.2) is 36.5 Å². The van der Waals surface area contributed by atoms with Crippen molar-refractivity contribution in [3.8, 4) is 0 Å². The highest BCUT2D eigenvalue weighted by atomic mass is 16.3. The summed E-state index contributed by atoms with van der Waals surface area (Å²) in [7, 11) is 0. The minimum Gasteiger partial charge on any atom is -0.468 e. The standard InChI is InChI=1S/C23H33N3O2/c1-17-9-7-10-20(19(17)3)25-23(27)15-18(2)24-16-21(22-11-8-14-28-22)26-12-5-4-6-13-26/h7-11,14,18,21,24H,4-6,12-13,15-16H2,1-3H3,(H,25,27). The quantitative estimate of drug-likeness (QED) is 0.708. The van der Waals surface area contributed by atoms with Crippen LogP contribution in [0.3, 0.4) is 0 Å². The van der Waals surface area contributed by atoms with Gasteiger partial charge >= 0.3 is 0 Å². The summed E-state index contributed by atoms with van der Waals surface area (Å²) in [5.74, 6) is 1.04. The number of aryl methyl sites for hydroxylation is 1. The maximum Gasteiger partial charge on any atom is 0.225 e. The summed E-state index contributed by atoms with van der Waals surface area (Å²) in [6.07, 6.45) is 5.98. The zero-order valence-electron chi connectivity index (χ0n) is 17.3. The number of nitrogens with zero attached hydrogens (tertiary/aromatic N) is 1. The average Bonchev–Trinajstić information content (AvgIpc) is 3.21. The molecule has 2 N–H and O–H groups in total. The van der Waals surface area contributed by atoms with E-state index in [-0.39, 0.29) is 18.0 Å². The molecule has 0 bridgehead atoms. The first-order valence-electron chi connectivity index (χ1n) is 10.4. The van der Waals surface area contributed by atoms with Crippen LogP contribution in [0.25, 0.3) is 0 Å². The predicted octanol–water partition coefficient (Wildman–Crippen LogP) is 4.43. The highest BCUT2D eigenvalue weighted by molar-refractivity contribution is 5.92. The lowest BCUT2D eigenvalue weighted by atomic mass is 10.1. The maximum atomic E-state index is 12.5. The van der Waals surface area contributed by atoms with E-state index in [0.717, 1.165) is 36.6 Å². The molecule has 0 spiro atoms. The molecule has 2 unspecified atom stereocenters. The Kier molecular flexibility index (Phi) is 7.29. The number of nitrogens with one attached hydrogen (secondary N) is 2. The van der Waals surface area contributed by atoms with E-state index in [1.807, 2.05) is 25.1 Å². The normalized spacial score (nSPS) is 17.2. The van der Waals surface area contributed by atoms with Crippen LogP contribution in [0.2, 0.25) is 0 Å². The lowest BCUT2D eigenvalue weighted by Gasteiger charge is -2.34. The maximum absolute atomic E-state index is 12.5. The molecule has 28 heavy (non-hydrogen) atoms. The molecule has 2 heterocycles. The molecule has 0 saturated carbocycles. The number of carbonyl (C=O) groups excluding carboxylic acids is 1. The molecule has 5 nitrogen and oxygen atoms in total. The van der Waals surface area contributed by atoms with E-state index in [2.05, 4.69) is 41.5 Å². The van der Waals surface area contributed by atoms with Crippen molar-refractivity contribution in [3.63, 3.8) is 0 Å². The van der Waals surface area contributed by atoms with Crippen molar-refractivity contribution in [1.29, 1.82) is 0 Å². The van der Waals surface area contributed by atoms with E-state index >= 15 is 0 Å². The molecule has 1 aromatic carbocycles. The van der Waals surface area contributed by atoms with Crippen LogP contribution in [0, 0.1) is 13.8 Å². The van der Waals surface area contributed by atoms with Gasteiger partial charge in [-0.15, -0.1) is 0 Å². The molecule has 1 aliphatic rings. The molecule has 1 aromatic heterocycles. The summed E-state index contributed by atoms with van der Waals surface area (Å²) in [5, 5.41) is 6.60. The Morgan fingerprint density at radius 2 is 1.93 bits per heavy atom. The molecule has 0 aliphatic carbocycles. The highest BCUT2D eigenvalue weighted by Gasteiger charge is 2.25. The monoisotopic (exact) mass is 383 g/mol. The molecule has 2 aromatic rings. The van der Waals surface area contributed by atoms with Gasteiger partial charge in [-0.2, -0.15) is 0 Å². The first-order chi connectivity index (χ1) is 13.5. The van der Waals surface area contributed by atoms with Gasteiger partial charge in [0.2, 0.25) is 5.91 Å². The van der Waals surface area contributed by atoms with Crippen molar-refractivity contribution in [2.75, 3.05) is 25.0 Å². The van der Waals surface area contributed by atoms with Crippen molar-refractivity contribution < 1.29 is 9.21 Å². The Labute approximate surface area is 168 Å². The minimum absolute atomic E-state index is 0.0428. The van der Waals surface area contributed by atoms with Gasteiger partial charge in [0.15, 0.2) is 0 Å². The number of benzene rings is 1. The third kappa shape index (κ3) is 5.46. The third-order valence-corrected chi connectivity index (χ3v) is 5.73. The number of piperidine rings is 1. The van der Waals surface area contributed by atoms with E-state index in [9.17, 15) is 4.79 Å². The number of hydrogen-bond donors (Lipinski definition) is 2. The summed E-state index contributed by atoms with van der Waals surface area (Å²) in [6.45, 7) is 9.16. The van der Waals surface area contributed by atoms with Gasteiger partial charge in [0.25, 0.3) is 0 Å². The topological polar surface area (TPSA) is 57.5 Å². The fourth-order valence-electron chi connectivity index (χ4n) is 3.87. The lowest BCUT2D eigenvalue weighted by molar-refractivity contribution is -0.116. The van der Waals surface area contributed by atoms with Crippen LogP contribution in [-0.2, 0) is 4.79 Å². The van der Waals surface area contributed by atoms with Crippen molar-refractivity contribution >= 4 is 11.6 Å². The van der Waals surface area contributed by atoms with Gasteiger partial charge in [-0.1, -0.05) is 18.6 Å². The molecule has 5 heteroatoms. The number of hydrogen-bond acceptors (Lipinski definition) is 4. The molecule has 152 valence electrons. The summed E-state index contributed by atoms with van der Waals surface area (Å²) < 4.78 is 5.70. The van der Waals surface area contributed by atoms with Crippen LogP contribution in [0.4, 0.5) is 5.69 Å². The molecular formula is C23H33N3O2. The summed E-state index contributed by atoms with van der Waals surface area (Å²) in [6, 6.07) is 10.3. The van der Waals surface area contributed by atoms with Gasteiger partial charge in [0.1, 0.15) is 5.76 Å². The van der Waals surface area contributed by atoms with Crippen molar-refractivity contribution in [2.45, 2.75) is 58.5 Å². The SMILES string of the molecule is Cc1cccc(NC(=O)CC(C)NCC(c2ccco2)N2CCCCC2)c1C. The molecule has 2 atom stereocenters. The minimum atomic E-state index is 0.0428. The Morgan fingerprint density at radius 3 is 2.64 bits per heavy atom. The van der Waals surface area contributed by atoms with Crippen LogP contribution in [0.5, 0.6) is 0 Å². The van der Waals surface area contributed by atoms with Gasteiger partial charge < -0.3 is 15.1 Å². The van der Waals surface area contributed by atoms with E-state index in [1.165, 1.54) is 24.8 Å². The molecule has 1 amide bonds. The zero-order valence-corrected chi connectivity index (χ0v) is 17.3. The number of rotatable bonds is 8. The Morgan fingerprint density at radius 1 is 1.14 bits per heavy atom. The largest absolute Gasteiger partial charge is 0.468 e. The number of likely N-dealkylation sites (tertiary alicyclic amines) is 1. The van der Waals surface area contributed by atoms with Gasteiger partial charge in [0.05, 0.1) is 12.3 Å². The van der Waals surface area contributed by atoms with Crippen molar-refractivity contribution in [1.82, 2.24) is 10.2 Å². The van der Waals surface area contributed by atoms with Gasteiger partial charge in [-0.05, 0) is 76.0 Å². The van der Waals surface area contributed by atoms with Gasteiger partial charge in [-0.25, -0.2) is 0 Å². The predicted molar refractivity (Wildman–Crippen MR) is 114 cm³/mol. The smallest absolute Gasteiger partial charge is 0.225 e. The van der Waals surface area contributed by atoms with E-state index < -0.39 is 0 Å². The number of anilines is 1. The second-order valence-electron chi connectivity index (χ2n) is 7.94. The second-order valence-corrected chi connectivity index (χ2v) is 7.94. The molecule has 1 fully saturated rings. The zero-order chi connectivity index (χ0) is 19.9. The highest BCUT2D eigenvalue weighted by Crippen LogP contribution is 2.25. The lowest BCUT2D eigenvalue weighted by Crippen LogP contribution is -2.41. The molecule has 1 aliphatic heterocycles. The van der Waals surface area contributed by atoms with Gasteiger partial charge in [-0.3, -0.25) is 9.69 Å². The third-order valence-electron chi connectivity index (χ3n) is 5.73. The van der Waals surface area contributed by atoms with Crippen LogP contribution >= 0.6 is 0 Å². The fourth-order valence-corrected chi connectivity index (χ4v) is 3.87. The van der Waals surface area contributed by atoms with E-state index in [4.69, 9.17) is 4.42 Å². The van der Waals surface area contributed by atoms with Crippen LogP contribution in [0.15, 0.2) is 41.0 Å². The van der Waals surface area contributed by atoms with Crippen LogP contribution < -0.4 is 10.6 Å². The van der Waals surface area contributed by atoms with E-state index in [1.54, 1.807) is 6.26 Å². The average molecular weight is 384 g/mol. The number of furan rings is 1. The Balaban J connectivity index is 1.53. The molecule has 3 rings (SSSR count). The summed E-state index contributed by atoms with van der Waals surface area (Å²) >= 11 is 0. The first-order valence-corrected chi connectivity index (χ1v) is 10.4. The first kappa shape index (κ1) is 20.6. The fraction of sp³-hybridized carbons (Fsp3) is 0.522. The van der Waals surface area contributed by atoms with E-state index in [0.29, 0.717) is 6.42 Å². The molecular weight excluding hydrogens is 350 g/mol. The summed E-state index contributed by atoms with van der Waals surface area (Å²) in [5.41, 5.74) is 3.21. The number of amides is 1. The van der Waals surface area contributed by atoms with Crippen molar-refractivity contribution in [2.24, 2.45) is 0 Å². The Bertz CT molecular complexity index is 751. The van der Waals surface area contributed by atoms with Crippen LogP contribution in [0.1, 0.15) is 55.5 Å². The summed E-state index contributed by atoms with van der Waals surface area (Å²) in [4.78, 5) is 15.0.